The third kappa shape index (κ3) is 5.99. The van der Waals surface area contributed by atoms with E-state index in [1.54, 1.807) is 0 Å². The zero-order valence-electron chi connectivity index (χ0n) is 33.3. The van der Waals surface area contributed by atoms with Crippen LogP contribution in [0.15, 0.2) is 152 Å². The van der Waals surface area contributed by atoms with Gasteiger partial charge < -0.3 is 4.90 Å². The van der Waals surface area contributed by atoms with Gasteiger partial charge in [-0.15, -0.1) is 11.3 Å². The lowest BCUT2D eigenvalue weighted by Gasteiger charge is -2.29. The quantitative estimate of drug-likeness (QED) is 0.170. The summed E-state index contributed by atoms with van der Waals surface area (Å²) < 4.78 is 2.78. The van der Waals surface area contributed by atoms with Gasteiger partial charge in [-0.1, -0.05) is 159 Å². The molecule has 1 nitrogen and oxygen atoms in total. The highest BCUT2D eigenvalue weighted by molar-refractivity contribution is 7.26. The summed E-state index contributed by atoms with van der Waals surface area (Å²) in [6.45, 7) is 18.9. The number of thiophene rings is 1. The highest BCUT2D eigenvalue weighted by Gasteiger charge is 2.39. The maximum Gasteiger partial charge on any atom is 0.0543 e. The second-order valence-electron chi connectivity index (χ2n) is 17.9. The minimum Gasteiger partial charge on any atom is -0.310 e. The zero-order valence-corrected chi connectivity index (χ0v) is 34.1. The molecule has 0 saturated heterocycles. The minimum atomic E-state index is -0.169. The molecule has 55 heavy (non-hydrogen) atoms. The molecule has 0 N–H and O–H groups in total. The van der Waals surface area contributed by atoms with E-state index in [9.17, 15) is 0 Å². The van der Waals surface area contributed by atoms with Crippen LogP contribution >= 0.6 is 11.3 Å². The summed E-state index contributed by atoms with van der Waals surface area (Å²) >= 11 is 1.97. The number of fused-ring (bicyclic) bond motifs is 6. The molecule has 8 aromatic rings. The first-order valence-electron chi connectivity index (χ1n) is 19.6. The fraction of sp³-hybridized carbons (Fsp3) is 0.208. The van der Waals surface area contributed by atoms with Gasteiger partial charge in [-0.25, -0.2) is 0 Å². The van der Waals surface area contributed by atoms with E-state index in [4.69, 9.17) is 0 Å². The molecule has 7 aromatic carbocycles. The molecule has 272 valence electrons. The van der Waals surface area contributed by atoms with E-state index < -0.39 is 0 Å². The predicted molar refractivity (Wildman–Crippen MR) is 240 cm³/mol. The van der Waals surface area contributed by atoms with Gasteiger partial charge >= 0.3 is 0 Å². The summed E-state index contributed by atoms with van der Waals surface area (Å²) in [4.78, 5) is 2.47. The average molecular weight is 732 g/mol. The van der Waals surface area contributed by atoms with E-state index in [0.29, 0.717) is 0 Å². The largest absolute Gasteiger partial charge is 0.310 e. The molecule has 0 amide bonds. The van der Waals surface area contributed by atoms with Crippen LogP contribution in [0.5, 0.6) is 0 Å². The van der Waals surface area contributed by atoms with E-state index in [0.717, 1.165) is 11.4 Å². The van der Waals surface area contributed by atoms with Crippen LogP contribution in [-0.4, -0.2) is 0 Å². The van der Waals surface area contributed by atoms with E-state index in [1.165, 1.54) is 81.5 Å². The molecule has 0 unspecified atom stereocenters. The minimum absolute atomic E-state index is 0.0365. The Hall–Kier alpha value is -5.44. The average Bonchev–Trinajstić information content (AvgIpc) is 3.65. The van der Waals surface area contributed by atoms with Gasteiger partial charge in [0.2, 0.25) is 0 Å². The first kappa shape index (κ1) is 35.3. The number of rotatable bonds is 5. The summed E-state index contributed by atoms with van der Waals surface area (Å²) in [5.41, 5.74) is 16.6. The van der Waals surface area contributed by atoms with Crippen molar-refractivity contribution >= 4 is 48.6 Å². The standard InChI is InChI=1S/C53H49NS/c1-51(2,3)38-30-42-41-32-45-43(33-48(41)55-50(42)46(31-38)52(4,5)6)49-44(53(45,7)8)20-15-21-47(49)54(39-26-22-36(23-27-39)34-16-11-9-12-17-34)40-28-24-37(25-29-40)35-18-13-10-14-19-35/h9-33H,1-8H3. The van der Waals surface area contributed by atoms with Gasteiger partial charge in [0.05, 0.1) is 5.69 Å². The Morgan fingerprint density at radius 3 is 1.56 bits per heavy atom. The molecular formula is C53H49NS. The Balaban J connectivity index is 1.26. The Morgan fingerprint density at radius 1 is 0.491 bits per heavy atom. The van der Waals surface area contributed by atoms with Crippen molar-refractivity contribution in [3.8, 4) is 33.4 Å². The summed E-state index contributed by atoms with van der Waals surface area (Å²) in [7, 11) is 0. The Morgan fingerprint density at radius 2 is 1.04 bits per heavy atom. The maximum absolute atomic E-state index is 2.54. The van der Waals surface area contributed by atoms with Gasteiger partial charge in [-0.2, -0.15) is 0 Å². The number of nitrogens with zero attached hydrogens (tertiary/aromatic N) is 1. The van der Waals surface area contributed by atoms with Crippen molar-refractivity contribution in [1.29, 1.82) is 0 Å². The smallest absolute Gasteiger partial charge is 0.0543 e. The van der Waals surface area contributed by atoms with Crippen molar-refractivity contribution in [3.05, 3.63) is 174 Å². The molecule has 0 bridgehead atoms. The number of anilines is 3. The second-order valence-corrected chi connectivity index (χ2v) is 18.9. The fourth-order valence-electron chi connectivity index (χ4n) is 8.61. The van der Waals surface area contributed by atoms with Gasteiger partial charge in [0, 0.05) is 42.5 Å². The molecule has 0 fully saturated rings. The van der Waals surface area contributed by atoms with Crippen molar-refractivity contribution in [2.75, 3.05) is 4.90 Å². The van der Waals surface area contributed by atoms with Crippen LogP contribution < -0.4 is 4.90 Å². The third-order valence-corrected chi connectivity index (χ3v) is 13.0. The molecule has 2 heteroatoms. The van der Waals surface area contributed by atoms with Crippen molar-refractivity contribution in [2.24, 2.45) is 0 Å². The summed E-state index contributed by atoms with van der Waals surface area (Å²) in [5.74, 6) is 0. The lowest BCUT2D eigenvalue weighted by atomic mass is 9.79. The molecule has 1 heterocycles. The van der Waals surface area contributed by atoms with Crippen molar-refractivity contribution in [1.82, 2.24) is 0 Å². The van der Waals surface area contributed by atoms with Gasteiger partial charge in [0.15, 0.2) is 0 Å². The molecule has 9 rings (SSSR count). The first-order valence-corrected chi connectivity index (χ1v) is 20.4. The van der Waals surface area contributed by atoms with Crippen LogP contribution in [0.1, 0.15) is 77.6 Å². The van der Waals surface area contributed by atoms with Crippen molar-refractivity contribution < 1.29 is 0 Å². The van der Waals surface area contributed by atoms with E-state index in [1.807, 2.05) is 11.3 Å². The van der Waals surface area contributed by atoms with E-state index in [2.05, 4.69) is 212 Å². The maximum atomic E-state index is 2.54. The van der Waals surface area contributed by atoms with Crippen molar-refractivity contribution in [2.45, 2.75) is 71.6 Å². The SMILES string of the molecule is CC(C)(C)c1cc(C(C)(C)C)c2sc3cc4c(cc3c2c1)C(C)(C)c1cccc(N(c2ccc(-c3ccccc3)cc2)c2ccc(-c3ccccc3)cc2)c1-4. The summed E-state index contributed by atoms with van der Waals surface area (Å²) in [6.07, 6.45) is 0. The first-order chi connectivity index (χ1) is 26.3. The van der Waals surface area contributed by atoms with Crippen LogP contribution in [0.25, 0.3) is 53.6 Å². The number of hydrogen-bond acceptors (Lipinski definition) is 2. The monoisotopic (exact) mass is 731 g/mol. The molecule has 0 saturated carbocycles. The molecule has 0 spiro atoms. The topological polar surface area (TPSA) is 3.24 Å². The van der Waals surface area contributed by atoms with Gasteiger partial charge in [-0.05, 0) is 109 Å². The van der Waals surface area contributed by atoms with E-state index >= 15 is 0 Å². The summed E-state index contributed by atoms with van der Waals surface area (Å²) in [5, 5.41) is 2.77. The number of benzene rings is 7. The lowest BCUT2D eigenvalue weighted by molar-refractivity contribution is 0.573. The van der Waals surface area contributed by atoms with Crippen LogP contribution in [0, 0.1) is 0 Å². The molecule has 0 atom stereocenters. The van der Waals surface area contributed by atoms with E-state index in [-0.39, 0.29) is 16.2 Å². The normalized spacial score (nSPS) is 13.6. The zero-order chi connectivity index (χ0) is 38.3. The molecule has 1 aliphatic carbocycles. The third-order valence-electron chi connectivity index (χ3n) is 11.7. The molecular weight excluding hydrogens is 683 g/mol. The van der Waals surface area contributed by atoms with Crippen molar-refractivity contribution in [3.63, 3.8) is 0 Å². The van der Waals surface area contributed by atoms with Gasteiger partial charge in [0.25, 0.3) is 0 Å². The second kappa shape index (κ2) is 12.8. The Kier molecular flexibility index (Phi) is 8.22. The molecule has 0 radical (unpaired) electrons. The fourth-order valence-corrected chi connectivity index (χ4v) is 10.0. The molecule has 0 aliphatic heterocycles. The van der Waals surface area contributed by atoms with Crippen LogP contribution in [-0.2, 0) is 16.2 Å². The molecule has 1 aliphatic rings. The highest BCUT2D eigenvalue weighted by Crippen LogP contribution is 2.56. The Labute approximate surface area is 330 Å². The van der Waals surface area contributed by atoms with Crippen LogP contribution in [0.4, 0.5) is 17.1 Å². The molecule has 1 aromatic heterocycles. The lowest BCUT2D eigenvalue weighted by Crippen LogP contribution is -2.16. The van der Waals surface area contributed by atoms with Crippen LogP contribution in [0.2, 0.25) is 0 Å². The summed E-state index contributed by atoms with van der Waals surface area (Å²) in [6, 6.07) is 56.4. The number of hydrogen-bond donors (Lipinski definition) is 0. The predicted octanol–water partition coefficient (Wildman–Crippen LogP) is 15.8. The highest BCUT2D eigenvalue weighted by atomic mass is 32.1. The van der Waals surface area contributed by atoms with Gasteiger partial charge in [-0.3, -0.25) is 0 Å². The van der Waals surface area contributed by atoms with Crippen LogP contribution in [0.3, 0.4) is 0 Å². The van der Waals surface area contributed by atoms with Gasteiger partial charge in [0.1, 0.15) is 0 Å². The Bertz CT molecular complexity index is 2620.